The molecule has 2 amide bonds. The van der Waals surface area contributed by atoms with Gasteiger partial charge in [0.25, 0.3) is 5.91 Å². The summed E-state index contributed by atoms with van der Waals surface area (Å²) in [6.07, 6.45) is 1.67. The maximum Gasteiger partial charge on any atom is 0.256 e. The monoisotopic (exact) mass is 491 g/mol. The van der Waals surface area contributed by atoms with E-state index in [4.69, 9.17) is 0 Å². The van der Waals surface area contributed by atoms with Crippen LogP contribution in [-0.4, -0.2) is 35.3 Å². The zero-order valence-corrected chi connectivity index (χ0v) is 18.4. The van der Waals surface area contributed by atoms with E-state index in [0.29, 0.717) is 5.56 Å². The average Bonchev–Trinajstić information content (AvgIpc) is 3.01. The third-order valence-corrected chi connectivity index (χ3v) is 6.40. The number of benzene rings is 2. The summed E-state index contributed by atoms with van der Waals surface area (Å²) in [5.74, 6) is -0.449. The van der Waals surface area contributed by atoms with Crippen molar-refractivity contribution in [2.75, 3.05) is 18.9 Å². The lowest BCUT2D eigenvalue weighted by molar-refractivity contribution is -0.116. The van der Waals surface area contributed by atoms with E-state index in [2.05, 4.69) is 42.2 Å². The molecule has 1 aromatic heterocycles. The van der Waals surface area contributed by atoms with Gasteiger partial charge < -0.3 is 15.2 Å². The van der Waals surface area contributed by atoms with E-state index in [0.717, 1.165) is 36.7 Å². The second kappa shape index (κ2) is 7.86. The largest absolute Gasteiger partial charge is 0.360 e. The molecule has 2 aromatic carbocycles. The summed E-state index contributed by atoms with van der Waals surface area (Å²) < 4.78 is 1.76. The van der Waals surface area contributed by atoms with E-state index < -0.39 is 0 Å². The van der Waals surface area contributed by atoms with E-state index >= 15 is 0 Å². The first-order valence-electron chi connectivity index (χ1n) is 8.35. The molecule has 3 rings (SSSR count). The summed E-state index contributed by atoms with van der Waals surface area (Å²) in [6, 6.07) is 9.54. The van der Waals surface area contributed by atoms with Gasteiger partial charge in [0.1, 0.15) is 0 Å². The maximum absolute atomic E-state index is 12.8. The zero-order valence-electron chi connectivity index (χ0n) is 15.2. The predicted molar refractivity (Wildman–Crippen MR) is 115 cm³/mol. The van der Waals surface area contributed by atoms with Crippen molar-refractivity contribution < 1.29 is 9.59 Å². The van der Waals surface area contributed by atoms with Crippen LogP contribution in [0.15, 0.2) is 45.5 Å². The highest BCUT2D eigenvalue weighted by Gasteiger charge is 2.19. The number of hydrogen-bond acceptors (Lipinski definition) is 2. The highest BCUT2D eigenvalue weighted by Crippen LogP contribution is 2.30. The van der Waals surface area contributed by atoms with E-state index in [1.54, 1.807) is 13.2 Å². The topological polar surface area (TPSA) is 65.2 Å². The van der Waals surface area contributed by atoms with Crippen LogP contribution in [0, 0.1) is 13.8 Å². The molecule has 5 nitrogen and oxygen atoms in total. The van der Waals surface area contributed by atoms with Crippen LogP contribution in [0.2, 0.25) is 0 Å². The van der Waals surface area contributed by atoms with E-state index in [-0.39, 0.29) is 18.4 Å². The maximum atomic E-state index is 12.8. The van der Waals surface area contributed by atoms with Gasteiger partial charge in [0, 0.05) is 38.8 Å². The lowest BCUT2D eigenvalue weighted by atomic mass is 10.1. The van der Waals surface area contributed by atoms with Gasteiger partial charge in [0.2, 0.25) is 5.91 Å². The van der Waals surface area contributed by atoms with Crippen LogP contribution in [0.4, 0.5) is 5.69 Å². The molecule has 0 radical (unpaired) electrons. The van der Waals surface area contributed by atoms with Crippen molar-refractivity contribution in [3.8, 4) is 0 Å². The first kappa shape index (κ1) is 19.6. The second-order valence-electron chi connectivity index (χ2n) is 6.47. The Bertz CT molecular complexity index is 1040. The Morgan fingerprint density at radius 3 is 2.59 bits per heavy atom. The Balaban J connectivity index is 1.75. The molecule has 27 heavy (non-hydrogen) atoms. The van der Waals surface area contributed by atoms with E-state index in [1.807, 2.05) is 44.2 Å². The Hall–Kier alpha value is -2.12. The summed E-state index contributed by atoms with van der Waals surface area (Å²) in [4.78, 5) is 29.7. The Kier molecular flexibility index (Phi) is 5.72. The molecule has 0 aliphatic heterocycles. The van der Waals surface area contributed by atoms with Gasteiger partial charge in [-0.05, 0) is 75.0 Å². The quantitative estimate of drug-likeness (QED) is 0.537. The number of aryl methyl sites for hydroxylation is 1. The lowest BCUT2D eigenvalue weighted by Crippen LogP contribution is -2.35. The Labute approximate surface area is 174 Å². The fraction of sp³-hybridized carbons (Fsp3) is 0.200. The lowest BCUT2D eigenvalue weighted by Gasteiger charge is -2.17. The molecule has 0 saturated carbocycles. The minimum atomic E-state index is -0.233. The molecule has 0 atom stereocenters. The van der Waals surface area contributed by atoms with Gasteiger partial charge in [0.05, 0.1) is 12.1 Å². The summed E-state index contributed by atoms with van der Waals surface area (Å²) >= 11 is 6.91. The number of fused-ring (bicyclic) bond motifs is 1. The molecule has 0 spiro atoms. The zero-order chi connectivity index (χ0) is 19.7. The van der Waals surface area contributed by atoms with Crippen LogP contribution < -0.4 is 5.32 Å². The number of aromatic amines is 1. The standard InChI is InChI=1S/C20H19Br2N3O2/c1-11-5-4-6-17(12(11)2)24-19(26)10-25(3)20(27)14-9-23-18-8-16(22)15(21)7-13(14)18/h4-9,23H,10H2,1-3H3,(H,24,26). The second-order valence-corrected chi connectivity index (χ2v) is 8.18. The molecule has 7 heteroatoms. The molecule has 0 aliphatic carbocycles. The van der Waals surface area contributed by atoms with Crippen LogP contribution in [-0.2, 0) is 4.79 Å². The van der Waals surface area contributed by atoms with Crippen LogP contribution in [0.25, 0.3) is 10.9 Å². The number of hydrogen-bond donors (Lipinski definition) is 2. The number of aromatic nitrogens is 1. The fourth-order valence-corrected chi connectivity index (χ4v) is 3.55. The number of anilines is 1. The van der Waals surface area contributed by atoms with Gasteiger partial charge in [0.15, 0.2) is 0 Å². The van der Waals surface area contributed by atoms with Crippen molar-refractivity contribution in [2.45, 2.75) is 13.8 Å². The molecular weight excluding hydrogens is 474 g/mol. The van der Waals surface area contributed by atoms with Gasteiger partial charge >= 0.3 is 0 Å². The molecule has 0 bridgehead atoms. The minimum absolute atomic E-state index is 0.0312. The summed E-state index contributed by atoms with van der Waals surface area (Å²) in [6.45, 7) is 3.92. The number of likely N-dealkylation sites (N-methyl/N-ethyl adjacent to an activating group) is 1. The van der Waals surface area contributed by atoms with Crippen molar-refractivity contribution in [1.82, 2.24) is 9.88 Å². The Morgan fingerprint density at radius 1 is 1.15 bits per heavy atom. The number of rotatable bonds is 4. The van der Waals surface area contributed by atoms with Crippen LogP contribution in [0.5, 0.6) is 0 Å². The summed E-state index contributed by atoms with van der Waals surface area (Å²) in [5, 5.41) is 3.68. The van der Waals surface area contributed by atoms with Gasteiger partial charge in [-0.1, -0.05) is 12.1 Å². The van der Waals surface area contributed by atoms with Crippen LogP contribution in [0.3, 0.4) is 0 Å². The SMILES string of the molecule is Cc1cccc(NC(=O)CN(C)C(=O)c2c[nH]c3cc(Br)c(Br)cc23)c1C. The van der Waals surface area contributed by atoms with Crippen molar-refractivity contribution in [3.05, 3.63) is 62.2 Å². The Morgan fingerprint density at radius 2 is 1.85 bits per heavy atom. The molecule has 2 N–H and O–H groups in total. The van der Waals surface area contributed by atoms with Crippen molar-refractivity contribution in [2.24, 2.45) is 0 Å². The predicted octanol–water partition coefficient (Wildman–Crippen LogP) is 5.02. The number of halogens is 2. The van der Waals surface area contributed by atoms with Crippen LogP contribution in [0.1, 0.15) is 21.5 Å². The fourth-order valence-electron chi connectivity index (χ4n) is 2.86. The van der Waals surface area contributed by atoms with Gasteiger partial charge in [-0.15, -0.1) is 0 Å². The van der Waals surface area contributed by atoms with E-state index in [9.17, 15) is 9.59 Å². The van der Waals surface area contributed by atoms with Crippen molar-refractivity contribution >= 4 is 60.3 Å². The van der Waals surface area contributed by atoms with Gasteiger partial charge in [-0.2, -0.15) is 0 Å². The van der Waals surface area contributed by atoms with Gasteiger partial charge in [-0.25, -0.2) is 0 Å². The highest BCUT2D eigenvalue weighted by atomic mass is 79.9. The molecular formula is C20H19Br2N3O2. The number of amides is 2. The number of H-pyrrole nitrogens is 1. The smallest absolute Gasteiger partial charge is 0.256 e. The summed E-state index contributed by atoms with van der Waals surface area (Å²) in [7, 11) is 1.62. The molecule has 3 aromatic rings. The number of nitrogens with zero attached hydrogens (tertiary/aromatic N) is 1. The third kappa shape index (κ3) is 4.09. The third-order valence-electron chi connectivity index (χ3n) is 4.56. The van der Waals surface area contributed by atoms with Crippen molar-refractivity contribution in [1.29, 1.82) is 0 Å². The van der Waals surface area contributed by atoms with Crippen LogP contribution >= 0.6 is 31.9 Å². The normalized spacial score (nSPS) is 10.9. The number of nitrogens with one attached hydrogen (secondary N) is 2. The molecule has 0 unspecified atom stereocenters. The van der Waals surface area contributed by atoms with E-state index in [1.165, 1.54) is 4.90 Å². The van der Waals surface area contributed by atoms with Crippen molar-refractivity contribution in [3.63, 3.8) is 0 Å². The average molecular weight is 493 g/mol. The minimum Gasteiger partial charge on any atom is -0.360 e. The molecule has 0 fully saturated rings. The number of carbonyl (C=O) groups is 2. The highest BCUT2D eigenvalue weighted by molar-refractivity contribution is 9.13. The number of carbonyl (C=O) groups excluding carboxylic acids is 2. The first-order valence-corrected chi connectivity index (χ1v) is 9.94. The molecule has 140 valence electrons. The first-order chi connectivity index (χ1) is 12.8. The van der Waals surface area contributed by atoms with Gasteiger partial charge in [-0.3, -0.25) is 9.59 Å². The summed E-state index contributed by atoms with van der Waals surface area (Å²) in [5.41, 5.74) is 4.27. The molecule has 1 heterocycles. The molecule has 0 aliphatic rings. The molecule has 0 saturated heterocycles.